The lowest BCUT2D eigenvalue weighted by atomic mass is 10.2. The van der Waals surface area contributed by atoms with Crippen molar-refractivity contribution in [1.82, 2.24) is 4.72 Å². The molecule has 0 aliphatic carbocycles. The van der Waals surface area contributed by atoms with Gasteiger partial charge in [-0.3, -0.25) is 0 Å². The van der Waals surface area contributed by atoms with Crippen LogP contribution in [0.1, 0.15) is 33.3 Å². The van der Waals surface area contributed by atoms with Gasteiger partial charge >= 0.3 is 0 Å². The fraction of sp³-hybridized carbons (Fsp3) is 0.429. The number of rotatable bonds is 4. The van der Waals surface area contributed by atoms with E-state index >= 15 is 0 Å². The maximum absolute atomic E-state index is 11.9. The van der Waals surface area contributed by atoms with E-state index in [0.29, 0.717) is 0 Å². The van der Waals surface area contributed by atoms with Crippen molar-refractivity contribution >= 4 is 17.1 Å². The third kappa shape index (κ3) is 5.29. The van der Waals surface area contributed by atoms with Gasteiger partial charge in [-0.15, -0.1) is 0 Å². The van der Waals surface area contributed by atoms with Gasteiger partial charge in [0, 0.05) is 6.04 Å². The highest BCUT2D eigenvalue weighted by Gasteiger charge is 2.20. The molecule has 0 fully saturated rings. The van der Waals surface area contributed by atoms with E-state index in [1.807, 2.05) is 70.2 Å². The van der Waals surface area contributed by atoms with Gasteiger partial charge in [-0.1, -0.05) is 42.5 Å². The summed E-state index contributed by atoms with van der Waals surface area (Å²) in [5, 5.41) is 0. The fourth-order valence-corrected chi connectivity index (χ4v) is 1.97. The molecular formula is C14H21NOS. The van der Waals surface area contributed by atoms with E-state index in [0.717, 1.165) is 5.56 Å². The third-order valence-electron chi connectivity index (χ3n) is 2.23. The molecule has 17 heavy (non-hydrogen) atoms. The van der Waals surface area contributed by atoms with E-state index in [-0.39, 0.29) is 10.8 Å². The lowest BCUT2D eigenvalue weighted by Gasteiger charge is -2.20. The molecule has 0 aliphatic heterocycles. The summed E-state index contributed by atoms with van der Waals surface area (Å²) < 4.78 is 14.7. The van der Waals surface area contributed by atoms with Gasteiger partial charge in [0.15, 0.2) is 0 Å². The molecule has 3 heteroatoms. The summed E-state index contributed by atoms with van der Waals surface area (Å²) in [5.41, 5.74) is 1.16. The summed E-state index contributed by atoms with van der Waals surface area (Å²) in [6.07, 6.45) is 4.07. The van der Waals surface area contributed by atoms with Gasteiger partial charge in [0.1, 0.15) is 0 Å². The van der Waals surface area contributed by atoms with Crippen molar-refractivity contribution in [3.8, 4) is 0 Å². The first kappa shape index (κ1) is 14.1. The average Bonchev–Trinajstić information content (AvgIpc) is 2.26. The first-order valence-corrected chi connectivity index (χ1v) is 6.96. The molecule has 94 valence electrons. The predicted octanol–water partition coefficient (Wildman–Crippen LogP) is 3.14. The Kier molecular flexibility index (Phi) is 5.09. The average molecular weight is 251 g/mol. The molecular weight excluding hydrogens is 230 g/mol. The Hall–Kier alpha value is -0.930. The topological polar surface area (TPSA) is 29.1 Å². The standard InChI is InChI=1S/C14H21NOS/c1-12(15-17(16)14(2,3)4)10-11-13-8-6-5-7-9-13/h5-12,15H,1-4H3/b11-10+/t12-,17-/m0/s1. The summed E-state index contributed by atoms with van der Waals surface area (Å²) in [4.78, 5) is 0. The van der Waals surface area contributed by atoms with Crippen LogP contribution in [0.15, 0.2) is 36.4 Å². The van der Waals surface area contributed by atoms with Crippen LogP contribution in [0.3, 0.4) is 0 Å². The predicted molar refractivity (Wildman–Crippen MR) is 76.0 cm³/mol. The molecule has 0 radical (unpaired) electrons. The van der Waals surface area contributed by atoms with Crippen LogP contribution in [0, 0.1) is 0 Å². The highest BCUT2D eigenvalue weighted by atomic mass is 32.2. The second kappa shape index (κ2) is 6.12. The molecule has 0 heterocycles. The second-order valence-corrected chi connectivity index (χ2v) is 7.06. The van der Waals surface area contributed by atoms with Crippen LogP contribution < -0.4 is 4.72 Å². The lowest BCUT2D eigenvalue weighted by Crippen LogP contribution is -2.37. The van der Waals surface area contributed by atoms with Gasteiger partial charge < -0.3 is 0 Å². The maximum Gasteiger partial charge on any atom is 0.0975 e. The second-order valence-electron chi connectivity index (χ2n) is 5.06. The molecule has 1 rings (SSSR count). The Morgan fingerprint density at radius 3 is 2.35 bits per heavy atom. The van der Waals surface area contributed by atoms with Crippen molar-refractivity contribution < 1.29 is 4.21 Å². The van der Waals surface area contributed by atoms with Gasteiger partial charge in [-0.2, -0.15) is 0 Å². The third-order valence-corrected chi connectivity index (χ3v) is 3.92. The quantitative estimate of drug-likeness (QED) is 0.875. The van der Waals surface area contributed by atoms with Gasteiger partial charge in [0.2, 0.25) is 0 Å². The van der Waals surface area contributed by atoms with Crippen LogP contribution in [0.4, 0.5) is 0 Å². The number of hydrogen-bond donors (Lipinski definition) is 1. The Morgan fingerprint density at radius 2 is 1.82 bits per heavy atom. The van der Waals surface area contributed by atoms with Crippen molar-refractivity contribution in [2.24, 2.45) is 0 Å². The fourth-order valence-electron chi connectivity index (χ4n) is 1.20. The zero-order chi connectivity index (χ0) is 12.9. The van der Waals surface area contributed by atoms with Crippen molar-refractivity contribution in [3.05, 3.63) is 42.0 Å². The zero-order valence-corrected chi connectivity index (χ0v) is 11.8. The molecule has 0 unspecified atom stereocenters. The minimum Gasteiger partial charge on any atom is -0.242 e. The molecule has 2 atom stereocenters. The molecule has 1 N–H and O–H groups in total. The normalized spacial score (nSPS) is 16.0. The number of hydrogen-bond acceptors (Lipinski definition) is 1. The molecule has 0 spiro atoms. The molecule has 0 aromatic heterocycles. The Morgan fingerprint density at radius 1 is 1.24 bits per heavy atom. The summed E-state index contributed by atoms with van der Waals surface area (Å²) >= 11 is 0. The SMILES string of the molecule is C[C@@H](/C=C/c1ccccc1)N[S@@](=O)C(C)(C)C. The van der Waals surface area contributed by atoms with Crippen molar-refractivity contribution in [3.63, 3.8) is 0 Å². The summed E-state index contributed by atoms with van der Waals surface area (Å²) in [5.74, 6) is 0. The largest absolute Gasteiger partial charge is 0.242 e. The molecule has 0 amide bonds. The van der Waals surface area contributed by atoms with E-state index in [4.69, 9.17) is 0 Å². The van der Waals surface area contributed by atoms with Crippen LogP contribution in [0.5, 0.6) is 0 Å². The van der Waals surface area contributed by atoms with E-state index in [2.05, 4.69) is 4.72 Å². The first-order chi connectivity index (χ1) is 7.89. The van der Waals surface area contributed by atoms with E-state index in [1.54, 1.807) is 0 Å². The molecule has 0 saturated heterocycles. The zero-order valence-electron chi connectivity index (χ0n) is 10.9. The molecule has 1 aromatic rings. The lowest BCUT2D eigenvalue weighted by molar-refractivity contribution is 0.628. The first-order valence-electron chi connectivity index (χ1n) is 5.81. The minimum absolute atomic E-state index is 0.0928. The van der Waals surface area contributed by atoms with Gasteiger partial charge in [-0.05, 0) is 33.3 Å². The molecule has 2 nitrogen and oxygen atoms in total. The van der Waals surface area contributed by atoms with E-state index in [1.165, 1.54) is 0 Å². The van der Waals surface area contributed by atoms with Crippen LogP contribution in [-0.4, -0.2) is 15.0 Å². The van der Waals surface area contributed by atoms with E-state index in [9.17, 15) is 4.21 Å². The Bertz CT molecular complexity index is 392. The van der Waals surface area contributed by atoms with Crippen molar-refractivity contribution in [1.29, 1.82) is 0 Å². The summed E-state index contributed by atoms with van der Waals surface area (Å²) in [6.45, 7) is 7.89. The highest BCUT2D eigenvalue weighted by Crippen LogP contribution is 2.10. The monoisotopic (exact) mass is 251 g/mol. The number of nitrogens with one attached hydrogen (secondary N) is 1. The maximum atomic E-state index is 11.9. The van der Waals surface area contributed by atoms with Crippen molar-refractivity contribution in [2.45, 2.75) is 38.5 Å². The molecule has 0 bridgehead atoms. The van der Waals surface area contributed by atoms with Crippen LogP contribution in [-0.2, 0) is 11.0 Å². The Labute approximate surface area is 107 Å². The summed E-state index contributed by atoms with van der Waals surface area (Å²) in [6, 6.07) is 10.2. The summed E-state index contributed by atoms with van der Waals surface area (Å²) in [7, 11) is -1.03. The Balaban J connectivity index is 2.53. The van der Waals surface area contributed by atoms with Crippen LogP contribution >= 0.6 is 0 Å². The van der Waals surface area contributed by atoms with Gasteiger partial charge in [-0.25, -0.2) is 8.93 Å². The van der Waals surface area contributed by atoms with Crippen LogP contribution in [0.25, 0.3) is 6.08 Å². The van der Waals surface area contributed by atoms with Gasteiger partial charge in [0.25, 0.3) is 0 Å². The minimum atomic E-state index is -1.03. The van der Waals surface area contributed by atoms with E-state index < -0.39 is 11.0 Å². The smallest absolute Gasteiger partial charge is 0.0975 e. The molecule has 1 aromatic carbocycles. The number of benzene rings is 1. The molecule has 0 aliphatic rings. The highest BCUT2D eigenvalue weighted by molar-refractivity contribution is 7.84. The molecule has 0 saturated carbocycles. The van der Waals surface area contributed by atoms with Gasteiger partial charge in [0.05, 0.1) is 15.7 Å². The van der Waals surface area contributed by atoms with Crippen molar-refractivity contribution in [2.75, 3.05) is 0 Å². The van der Waals surface area contributed by atoms with Crippen LogP contribution in [0.2, 0.25) is 0 Å².